The zero-order valence-electron chi connectivity index (χ0n) is 11.3. The van der Waals surface area contributed by atoms with Crippen molar-refractivity contribution in [1.29, 1.82) is 0 Å². The van der Waals surface area contributed by atoms with E-state index in [1.165, 1.54) is 18.6 Å². The van der Waals surface area contributed by atoms with Crippen LogP contribution in [0.15, 0.2) is 18.2 Å². The van der Waals surface area contributed by atoms with Crippen LogP contribution in [-0.2, 0) is 0 Å². The number of hydrogen-bond donors (Lipinski definition) is 2. The quantitative estimate of drug-likeness (QED) is 0.656. The number of fused-ring (bicyclic) bond motifs is 1. The van der Waals surface area contributed by atoms with Crippen LogP contribution in [0.1, 0.15) is 6.42 Å². The number of nitrogens with zero attached hydrogens (tertiary/aromatic N) is 3. The van der Waals surface area contributed by atoms with Crippen molar-refractivity contribution in [2.75, 3.05) is 32.0 Å². The summed E-state index contributed by atoms with van der Waals surface area (Å²) in [6.07, 6.45) is 1.19. The molecule has 106 valence electrons. The average molecular weight is 275 g/mol. The fourth-order valence-electron chi connectivity index (χ4n) is 2.63. The molecule has 2 heterocycles. The molecule has 7 heteroatoms. The third-order valence-corrected chi connectivity index (χ3v) is 3.72. The van der Waals surface area contributed by atoms with Crippen LogP contribution in [0.3, 0.4) is 0 Å². The van der Waals surface area contributed by atoms with Gasteiger partial charge in [-0.15, -0.1) is 0 Å². The lowest BCUT2D eigenvalue weighted by molar-refractivity contribution is -0.384. The molecule has 0 amide bonds. The molecule has 0 radical (unpaired) electrons. The van der Waals surface area contributed by atoms with Gasteiger partial charge in [-0.3, -0.25) is 10.1 Å². The van der Waals surface area contributed by atoms with Crippen LogP contribution in [0.5, 0.6) is 0 Å². The van der Waals surface area contributed by atoms with Crippen molar-refractivity contribution in [3.8, 4) is 0 Å². The highest BCUT2D eigenvalue weighted by Crippen LogP contribution is 2.21. The number of nitro benzene ring substituents is 1. The molecule has 7 nitrogen and oxygen atoms in total. The first-order valence-corrected chi connectivity index (χ1v) is 6.68. The smallest absolute Gasteiger partial charge is 0.271 e. The van der Waals surface area contributed by atoms with Gasteiger partial charge in [-0.1, -0.05) is 0 Å². The van der Waals surface area contributed by atoms with E-state index in [2.05, 4.69) is 27.2 Å². The molecule has 1 unspecified atom stereocenters. The summed E-state index contributed by atoms with van der Waals surface area (Å²) in [6.45, 7) is 3.10. The highest BCUT2D eigenvalue weighted by atomic mass is 16.6. The van der Waals surface area contributed by atoms with Gasteiger partial charge in [-0.25, -0.2) is 4.98 Å². The standard InChI is InChI=1S/C13H17N5O2/c1-17-5-4-9(8-17)7-14-13-15-11-3-2-10(18(19)20)6-12(11)16-13/h2-3,6,9H,4-5,7-8H2,1H3,(H2,14,15,16). The first-order chi connectivity index (χ1) is 9.61. The number of imidazole rings is 1. The average Bonchev–Trinajstić information content (AvgIpc) is 3.00. The van der Waals surface area contributed by atoms with Crippen molar-refractivity contribution in [2.24, 2.45) is 5.92 Å². The molecule has 1 saturated heterocycles. The van der Waals surface area contributed by atoms with Crippen LogP contribution < -0.4 is 5.32 Å². The summed E-state index contributed by atoms with van der Waals surface area (Å²) < 4.78 is 0. The Morgan fingerprint density at radius 1 is 1.60 bits per heavy atom. The minimum absolute atomic E-state index is 0.0742. The minimum atomic E-state index is -0.401. The number of aromatic nitrogens is 2. The molecule has 0 bridgehead atoms. The third kappa shape index (κ3) is 2.57. The number of likely N-dealkylation sites (tertiary alicyclic amines) is 1. The van der Waals surface area contributed by atoms with Gasteiger partial charge in [0.25, 0.3) is 5.69 Å². The topological polar surface area (TPSA) is 87.1 Å². The monoisotopic (exact) mass is 275 g/mol. The second-order valence-electron chi connectivity index (χ2n) is 5.34. The van der Waals surface area contributed by atoms with Crippen molar-refractivity contribution >= 4 is 22.7 Å². The van der Waals surface area contributed by atoms with Crippen LogP contribution in [0.25, 0.3) is 11.0 Å². The van der Waals surface area contributed by atoms with E-state index in [4.69, 9.17) is 0 Å². The van der Waals surface area contributed by atoms with Gasteiger partial charge >= 0.3 is 0 Å². The molecular weight excluding hydrogens is 258 g/mol. The van der Waals surface area contributed by atoms with Crippen LogP contribution in [0.2, 0.25) is 0 Å². The first-order valence-electron chi connectivity index (χ1n) is 6.68. The van der Waals surface area contributed by atoms with Crippen molar-refractivity contribution in [3.05, 3.63) is 28.3 Å². The number of non-ortho nitro benzene ring substituents is 1. The van der Waals surface area contributed by atoms with Gasteiger partial charge in [0.05, 0.1) is 16.0 Å². The number of nitro groups is 1. The zero-order valence-corrected chi connectivity index (χ0v) is 11.3. The number of rotatable bonds is 4. The highest BCUT2D eigenvalue weighted by molar-refractivity contribution is 5.79. The lowest BCUT2D eigenvalue weighted by Gasteiger charge is -2.10. The summed E-state index contributed by atoms with van der Waals surface area (Å²) in [5.74, 6) is 1.30. The lowest BCUT2D eigenvalue weighted by atomic mass is 10.1. The number of hydrogen-bond acceptors (Lipinski definition) is 5. The molecule has 2 aromatic rings. The summed E-state index contributed by atoms with van der Waals surface area (Å²) >= 11 is 0. The molecular formula is C13H17N5O2. The molecule has 1 aliphatic rings. The maximum absolute atomic E-state index is 10.7. The summed E-state index contributed by atoms with van der Waals surface area (Å²) in [7, 11) is 2.13. The number of H-pyrrole nitrogens is 1. The Bertz CT molecular complexity index is 639. The van der Waals surface area contributed by atoms with Crippen molar-refractivity contribution in [3.63, 3.8) is 0 Å². The molecule has 1 fully saturated rings. The first kappa shape index (κ1) is 12.9. The van der Waals surface area contributed by atoms with E-state index in [0.717, 1.165) is 25.2 Å². The van der Waals surface area contributed by atoms with Crippen LogP contribution in [0.4, 0.5) is 11.6 Å². The van der Waals surface area contributed by atoms with Crippen molar-refractivity contribution in [2.45, 2.75) is 6.42 Å². The van der Waals surface area contributed by atoms with Crippen LogP contribution >= 0.6 is 0 Å². The highest BCUT2D eigenvalue weighted by Gasteiger charge is 2.19. The van der Waals surface area contributed by atoms with Gasteiger partial charge in [-0.2, -0.15) is 0 Å². The molecule has 20 heavy (non-hydrogen) atoms. The largest absolute Gasteiger partial charge is 0.355 e. The van der Waals surface area contributed by atoms with Gasteiger partial charge in [0, 0.05) is 25.2 Å². The Morgan fingerprint density at radius 3 is 3.15 bits per heavy atom. The van der Waals surface area contributed by atoms with Crippen LogP contribution in [0, 0.1) is 16.0 Å². The Labute approximate surface area is 116 Å². The van der Waals surface area contributed by atoms with Gasteiger partial charge < -0.3 is 15.2 Å². The number of anilines is 1. The summed E-state index contributed by atoms with van der Waals surface area (Å²) in [5.41, 5.74) is 1.50. The second-order valence-corrected chi connectivity index (χ2v) is 5.34. The summed E-state index contributed by atoms with van der Waals surface area (Å²) in [5, 5.41) is 14.0. The maximum Gasteiger partial charge on any atom is 0.271 e. The second kappa shape index (κ2) is 5.09. The van der Waals surface area contributed by atoms with E-state index < -0.39 is 4.92 Å². The Kier molecular flexibility index (Phi) is 3.27. The Hall–Kier alpha value is -2.15. The summed E-state index contributed by atoms with van der Waals surface area (Å²) in [6, 6.07) is 4.65. The number of benzene rings is 1. The van der Waals surface area contributed by atoms with Gasteiger partial charge in [0.15, 0.2) is 0 Å². The minimum Gasteiger partial charge on any atom is -0.355 e. The Balaban J connectivity index is 1.71. The molecule has 0 spiro atoms. The third-order valence-electron chi connectivity index (χ3n) is 3.72. The van der Waals surface area contributed by atoms with E-state index in [1.54, 1.807) is 6.07 Å². The molecule has 0 aliphatic carbocycles. The van der Waals surface area contributed by atoms with Crippen molar-refractivity contribution < 1.29 is 4.92 Å². The molecule has 1 aliphatic heterocycles. The molecule has 0 saturated carbocycles. The van der Waals surface area contributed by atoms with E-state index >= 15 is 0 Å². The SMILES string of the molecule is CN1CCC(CNc2nc3ccc([N+](=O)[O-])cc3[nH]2)C1. The molecule has 1 aromatic carbocycles. The molecule has 2 N–H and O–H groups in total. The van der Waals surface area contributed by atoms with Crippen LogP contribution in [-0.4, -0.2) is 46.5 Å². The van der Waals surface area contributed by atoms with E-state index in [0.29, 0.717) is 17.4 Å². The number of aromatic amines is 1. The predicted molar refractivity (Wildman–Crippen MR) is 76.8 cm³/mol. The van der Waals surface area contributed by atoms with Crippen molar-refractivity contribution in [1.82, 2.24) is 14.9 Å². The van der Waals surface area contributed by atoms with Gasteiger partial charge in [-0.05, 0) is 32.0 Å². The van der Waals surface area contributed by atoms with E-state index in [1.807, 2.05) is 0 Å². The zero-order chi connectivity index (χ0) is 14.1. The lowest BCUT2D eigenvalue weighted by Crippen LogP contribution is -2.19. The molecule has 1 aromatic heterocycles. The van der Waals surface area contributed by atoms with E-state index in [-0.39, 0.29) is 5.69 Å². The van der Waals surface area contributed by atoms with Gasteiger partial charge in [0.2, 0.25) is 5.95 Å². The fourth-order valence-corrected chi connectivity index (χ4v) is 2.63. The maximum atomic E-state index is 10.7. The Morgan fingerprint density at radius 2 is 2.45 bits per heavy atom. The summed E-state index contributed by atoms with van der Waals surface area (Å²) in [4.78, 5) is 20.1. The number of nitrogens with one attached hydrogen (secondary N) is 2. The normalized spacial score (nSPS) is 19.6. The van der Waals surface area contributed by atoms with E-state index in [9.17, 15) is 10.1 Å². The van der Waals surface area contributed by atoms with Gasteiger partial charge in [0.1, 0.15) is 0 Å². The molecule has 1 atom stereocenters. The predicted octanol–water partition coefficient (Wildman–Crippen LogP) is 1.83. The molecule has 3 rings (SSSR count). The fraction of sp³-hybridized carbons (Fsp3) is 0.462.